The molecule has 0 bridgehead atoms. The van der Waals surface area contributed by atoms with Crippen molar-refractivity contribution in [2.75, 3.05) is 33.8 Å². The molecular weight excluding hydrogens is 264 g/mol. The van der Waals surface area contributed by atoms with E-state index in [0.29, 0.717) is 18.2 Å². The molecule has 5 heteroatoms. The van der Waals surface area contributed by atoms with Crippen molar-refractivity contribution in [2.24, 2.45) is 10.4 Å². The molecule has 3 atom stereocenters. The van der Waals surface area contributed by atoms with Gasteiger partial charge in [0.1, 0.15) is 0 Å². The van der Waals surface area contributed by atoms with Crippen LogP contribution < -0.4 is 10.6 Å². The van der Waals surface area contributed by atoms with Crippen molar-refractivity contribution >= 4 is 5.96 Å². The summed E-state index contributed by atoms with van der Waals surface area (Å²) in [5.74, 6) is 0.949. The Balaban J connectivity index is 1.90. The number of nitrogens with zero attached hydrogens (tertiary/aromatic N) is 2. The average Bonchev–Trinajstić information content (AvgIpc) is 2.85. The van der Waals surface area contributed by atoms with E-state index in [1.165, 1.54) is 19.4 Å². The highest BCUT2D eigenvalue weighted by Crippen LogP contribution is 2.42. The fourth-order valence-corrected chi connectivity index (χ4v) is 3.42. The number of ether oxygens (including phenoxy) is 1. The zero-order chi connectivity index (χ0) is 15.5. The van der Waals surface area contributed by atoms with Gasteiger partial charge in [-0.05, 0) is 39.8 Å². The van der Waals surface area contributed by atoms with Crippen LogP contribution in [0.4, 0.5) is 0 Å². The molecule has 1 aliphatic heterocycles. The Morgan fingerprint density at radius 2 is 2.19 bits per heavy atom. The molecule has 21 heavy (non-hydrogen) atoms. The van der Waals surface area contributed by atoms with Gasteiger partial charge in [0.15, 0.2) is 5.96 Å². The normalized spacial score (nSPS) is 32.8. The van der Waals surface area contributed by atoms with Crippen LogP contribution in [-0.2, 0) is 4.74 Å². The molecule has 2 aliphatic rings. The first-order valence-corrected chi connectivity index (χ1v) is 8.27. The number of rotatable bonds is 5. The van der Waals surface area contributed by atoms with Crippen molar-refractivity contribution in [1.82, 2.24) is 15.5 Å². The number of hydrogen-bond acceptors (Lipinski definition) is 3. The maximum atomic E-state index is 5.52. The molecular formula is C16H32N4O. The molecule has 0 aromatic rings. The van der Waals surface area contributed by atoms with Crippen LogP contribution in [-0.4, -0.2) is 62.8 Å². The molecule has 2 rings (SSSR count). The quantitative estimate of drug-likeness (QED) is 0.595. The maximum absolute atomic E-state index is 5.52. The summed E-state index contributed by atoms with van der Waals surface area (Å²) < 4.78 is 5.52. The Hall–Kier alpha value is -0.810. The molecule has 1 saturated carbocycles. The number of guanidine groups is 1. The predicted molar refractivity (Wildman–Crippen MR) is 87.7 cm³/mol. The maximum Gasteiger partial charge on any atom is 0.191 e. The van der Waals surface area contributed by atoms with E-state index in [1.807, 2.05) is 0 Å². The average molecular weight is 296 g/mol. The lowest BCUT2D eigenvalue weighted by molar-refractivity contribution is -0.0922. The second-order valence-corrected chi connectivity index (χ2v) is 6.97. The van der Waals surface area contributed by atoms with Gasteiger partial charge in [-0.2, -0.15) is 0 Å². The Morgan fingerprint density at radius 1 is 1.43 bits per heavy atom. The Kier molecular flexibility index (Phi) is 5.49. The number of aliphatic imine (C=N–C) groups is 1. The van der Waals surface area contributed by atoms with Crippen molar-refractivity contribution in [1.29, 1.82) is 0 Å². The zero-order valence-electron chi connectivity index (χ0n) is 14.3. The zero-order valence-corrected chi connectivity index (χ0v) is 14.3. The van der Waals surface area contributed by atoms with Gasteiger partial charge in [-0.3, -0.25) is 4.99 Å². The number of methoxy groups -OCH3 is 1. The second-order valence-electron chi connectivity index (χ2n) is 6.97. The van der Waals surface area contributed by atoms with Crippen LogP contribution in [0.3, 0.4) is 0 Å². The van der Waals surface area contributed by atoms with Crippen LogP contribution in [0.15, 0.2) is 4.99 Å². The van der Waals surface area contributed by atoms with Crippen LogP contribution in [0, 0.1) is 5.41 Å². The summed E-state index contributed by atoms with van der Waals surface area (Å²) in [5, 5.41) is 6.96. The highest BCUT2D eigenvalue weighted by molar-refractivity contribution is 5.80. The van der Waals surface area contributed by atoms with Crippen molar-refractivity contribution < 1.29 is 4.74 Å². The molecule has 1 heterocycles. The van der Waals surface area contributed by atoms with Gasteiger partial charge in [0.05, 0.1) is 12.6 Å². The van der Waals surface area contributed by atoms with Gasteiger partial charge >= 0.3 is 0 Å². The van der Waals surface area contributed by atoms with Gasteiger partial charge in [-0.25, -0.2) is 0 Å². The summed E-state index contributed by atoms with van der Waals surface area (Å²) >= 11 is 0. The highest BCUT2D eigenvalue weighted by Gasteiger charge is 2.48. The number of nitrogens with one attached hydrogen (secondary N) is 2. The summed E-state index contributed by atoms with van der Waals surface area (Å²) in [6.07, 6.45) is 3.96. The topological polar surface area (TPSA) is 48.9 Å². The molecule has 0 spiro atoms. The van der Waals surface area contributed by atoms with Crippen LogP contribution in [0.25, 0.3) is 0 Å². The van der Waals surface area contributed by atoms with Gasteiger partial charge in [0.25, 0.3) is 0 Å². The second kappa shape index (κ2) is 6.97. The molecule has 1 aliphatic carbocycles. The van der Waals surface area contributed by atoms with E-state index < -0.39 is 0 Å². The minimum absolute atomic E-state index is 0.162. The Labute approximate surface area is 129 Å². The Morgan fingerprint density at radius 3 is 2.71 bits per heavy atom. The van der Waals surface area contributed by atoms with E-state index >= 15 is 0 Å². The van der Waals surface area contributed by atoms with E-state index in [4.69, 9.17) is 9.73 Å². The SMILES string of the molecule is CCNC(=NCC1CCCN1C)NC1CC(OC)C1(C)C. The van der Waals surface area contributed by atoms with Crippen LogP contribution in [0.5, 0.6) is 0 Å². The summed E-state index contributed by atoms with van der Waals surface area (Å²) in [6.45, 7) is 9.62. The molecule has 122 valence electrons. The van der Waals surface area contributed by atoms with E-state index in [-0.39, 0.29) is 5.41 Å². The third-order valence-electron chi connectivity index (χ3n) is 5.25. The lowest BCUT2D eigenvalue weighted by atomic mass is 9.64. The molecule has 2 fully saturated rings. The van der Waals surface area contributed by atoms with Gasteiger partial charge in [0, 0.05) is 31.2 Å². The lowest BCUT2D eigenvalue weighted by Crippen LogP contribution is -2.63. The monoisotopic (exact) mass is 296 g/mol. The van der Waals surface area contributed by atoms with Crippen LogP contribution >= 0.6 is 0 Å². The largest absolute Gasteiger partial charge is 0.381 e. The van der Waals surface area contributed by atoms with Crippen molar-refractivity contribution in [2.45, 2.75) is 58.2 Å². The predicted octanol–water partition coefficient (Wildman–Crippen LogP) is 1.45. The van der Waals surface area contributed by atoms with Crippen molar-refractivity contribution in [3.8, 4) is 0 Å². The third-order valence-corrected chi connectivity index (χ3v) is 5.25. The number of hydrogen-bond donors (Lipinski definition) is 2. The Bertz CT molecular complexity index is 369. The van der Waals surface area contributed by atoms with E-state index in [0.717, 1.165) is 25.5 Å². The molecule has 5 nitrogen and oxygen atoms in total. The fraction of sp³-hybridized carbons (Fsp3) is 0.938. The van der Waals surface area contributed by atoms with Gasteiger partial charge < -0.3 is 20.3 Å². The molecule has 0 aromatic carbocycles. The molecule has 0 radical (unpaired) electrons. The van der Waals surface area contributed by atoms with Crippen LogP contribution in [0.2, 0.25) is 0 Å². The lowest BCUT2D eigenvalue weighted by Gasteiger charge is -2.51. The number of likely N-dealkylation sites (tertiary alicyclic amines) is 1. The fourth-order valence-electron chi connectivity index (χ4n) is 3.42. The summed E-state index contributed by atoms with van der Waals surface area (Å²) in [7, 11) is 4.00. The third kappa shape index (κ3) is 3.69. The summed E-state index contributed by atoms with van der Waals surface area (Å²) in [6, 6.07) is 1.03. The summed E-state index contributed by atoms with van der Waals surface area (Å²) in [4.78, 5) is 7.21. The molecule has 1 saturated heterocycles. The van der Waals surface area contributed by atoms with E-state index in [2.05, 4.69) is 43.4 Å². The molecule has 2 N–H and O–H groups in total. The molecule has 0 amide bonds. The van der Waals surface area contributed by atoms with Crippen LogP contribution in [0.1, 0.15) is 40.0 Å². The first-order valence-electron chi connectivity index (χ1n) is 8.27. The standard InChI is InChI=1S/C16H32N4O/c1-6-17-15(18-11-12-8-7-9-20(12)4)19-13-10-14(21-5)16(13,2)3/h12-14H,6-11H2,1-5H3,(H2,17,18,19). The minimum atomic E-state index is 0.162. The van der Waals surface area contributed by atoms with Gasteiger partial charge in [-0.1, -0.05) is 13.8 Å². The first kappa shape index (κ1) is 16.6. The summed E-state index contributed by atoms with van der Waals surface area (Å²) in [5.41, 5.74) is 0.162. The van der Waals surface area contributed by atoms with E-state index in [9.17, 15) is 0 Å². The smallest absolute Gasteiger partial charge is 0.191 e. The molecule has 0 aromatic heterocycles. The minimum Gasteiger partial charge on any atom is -0.381 e. The van der Waals surface area contributed by atoms with Crippen molar-refractivity contribution in [3.05, 3.63) is 0 Å². The van der Waals surface area contributed by atoms with Gasteiger partial charge in [-0.15, -0.1) is 0 Å². The first-order chi connectivity index (χ1) is 9.98. The van der Waals surface area contributed by atoms with Crippen molar-refractivity contribution in [3.63, 3.8) is 0 Å². The number of likely N-dealkylation sites (N-methyl/N-ethyl adjacent to an activating group) is 1. The molecule has 3 unspecified atom stereocenters. The van der Waals surface area contributed by atoms with Gasteiger partial charge in [0.2, 0.25) is 0 Å². The highest BCUT2D eigenvalue weighted by atomic mass is 16.5. The van der Waals surface area contributed by atoms with E-state index in [1.54, 1.807) is 7.11 Å².